The van der Waals surface area contributed by atoms with Gasteiger partial charge in [-0.15, -0.1) is 0 Å². The highest BCUT2D eigenvalue weighted by Crippen LogP contribution is 2.17. The summed E-state index contributed by atoms with van der Waals surface area (Å²) in [4.78, 5) is 24.5. The first kappa shape index (κ1) is 67.8. The maximum Gasteiger partial charge on any atom is 0.305 e. The first-order valence-electron chi connectivity index (χ1n) is 30.9. The highest BCUT2D eigenvalue weighted by atomic mass is 16.5. The van der Waals surface area contributed by atoms with Crippen molar-refractivity contribution in [1.82, 2.24) is 5.32 Å². The first-order chi connectivity index (χ1) is 34.5. The lowest BCUT2D eigenvalue weighted by Crippen LogP contribution is -2.45. The summed E-state index contributed by atoms with van der Waals surface area (Å²) in [5.41, 5.74) is 0. The van der Waals surface area contributed by atoms with Crippen LogP contribution in [0.25, 0.3) is 0 Å². The Bertz CT molecular complexity index is 1180. The predicted octanol–water partition coefficient (Wildman–Crippen LogP) is 19.4. The van der Waals surface area contributed by atoms with Crippen molar-refractivity contribution in [2.45, 2.75) is 334 Å². The molecule has 0 aliphatic rings. The normalized spacial score (nSPS) is 12.9. The molecule has 0 spiro atoms. The van der Waals surface area contributed by atoms with E-state index in [2.05, 4.69) is 55.6 Å². The lowest BCUT2D eigenvalue weighted by atomic mass is 10.0. The first-order valence-corrected chi connectivity index (χ1v) is 30.9. The van der Waals surface area contributed by atoms with E-state index < -0.39 is 12.1 Å². The zero-order chi connectivity index (χ0) is 50.7. The van der Waals surface area contributed by atoms with Gasteiger partial charge in [0.25, 0.3) is 0 Å². The van der Waals surface area contributed by atoms with Gasteiger partial charge in [0.2, 0.25) is 5.91 Å². The third-order valence-corrected chi connectivity index (χ3v) is 14.0. The van der Waals surface area contributed by atoms with Gasteiger partial charge in [-0.2, -0.15) is 0 Å². The highest BCUT2D eigenvalue weighted by Gasteiger charge is 2.18. The second kappa shape index (κ2) is 59.4. The second-order valence-corrected chi connectivity index (χ2v) is 21.0. The molecule has 0 bridgehead atoms. The Morgan fingerprint density at radius 2 is 0.743 bits per heavy atom. The van der Waals surface area contributed by atoms with Gasteiger partial charge in [-0.05, 0) is 83.5 Å². The van der Waals surface area contributed by atoms with Crippen molar-refractivity contribution < 1.29 is 24.5 Å². The molecule has 0 rings (SSSR count). The summed E-state index contributed by atoms with van der Waals surface area (Å²) in [7, 11) is 0. The molecule has 0 saturated heterocycles. The standard InChI is InChI=1S/C64H119NO5/c1-3-5-7-9-11-13-15-17-18-19-20-21-22-23-26-29-33-36-40-44-48-52-56-62(67)61(60-66)65-63(68)57-53-49-45-41-37-34-30-27-24-25-28-31-35-39-43-47-51-55-59-70-64(69)58-54-50-46-42-38-32-16-14-12-10-8-6-4-2/h8,10,14,16,27,30,52,56,61-62,66-67H,3-7,9,11-13,15,17-26,28-29,31-51,53-55,57-60H2,1-2H3,(H,65,68)/b10-8-,16-14-,30-27-,56-52+. The fourth-order valence-corrected chi connectivity index (χ4v) is 9.31. The summed E-state index contributed by atoms with van der Waals surface area (Å²) in [6.07, 6.45) is 75.7. The van der Waals surface area contributed by atoms with Crippen LogP contribution in [0.3, 0.4) is 0 Å². The number of allylic oxidation sites excluding steroid dienone is 7. The number of carbonyl (C=O) groups is 2. The number of rotatable bonds is 57. The molecule has 0 aromatic rings. The fourth-order valence-electron chi connectivity index (χ4n) is 9.31. The van der Waals surface area contributed by atoms with E-state index in [9.17, 15) is 19.8 Å². The number of ether oxygens (including phenoxy) is 1. The molecule has 6 nitrogen and oxygen atoms in total. The smallest absolute Gasteiger partial charge is 0.305 e. The minimum atomic E-state index is -0.855. The molecule has 1 amide bonds. The molecule has 2 atom stereocenters. The summed E-state index contributed by atoms with van der Waals surface area (Å²) in [5.74, 6) is -0.0942. The van der Waals surface area contributed by atoms with Gasteiger partial charge in [0.05, 0.1) is 25.4 Å². The number of hydrogen-bond acceptors (Lipinski definition) is 5. The molecule has 70 heavy (non-hydrogen) atoms. The van der Waals surface area contributed by atoms with Crippen LogP contribution in [-0.2, 0) is 14.3 Å². The van der Waals surface area contributed by atoms with E-state index in [0.29, 0.717) is 19.4 Å². The Morgan fingerprint density at radius 1 is 0.400 bits per heavy atom. The Hall–Kier alpha value is -2.18. The van der Waals surface area contributed by atoms with E-state index in [1.807, 2.05) is 6.08 Å². The molecule has 6 heteroatoms. The average molecular weight is 983 g/mol. The number of esters is 1. The molecule has 0 aromatic carbocycles. The van der Waals surface area contributed by atoms with Crippen molar-refractivity contribution in [3.63, 3.8) is 0 Å². The zero-order valence-corrected chi connectivity index (χ0v) is 46.7. The quantitative estimate of drug-likeness (QED) is 0.0321. The third kappa shape index (κ3) is 55.1. The average Bonchev–Trinajstić information content (AvgIpc) is 3.36. The van der Waals surface area contributed by atoms with Gasteiger partial charge in [-0.1, -0.05) is 274 Å². The molecule has 0 heterocycles. The number of aliphatic hydroxyl groups excluding tert-OH is 2. The van der Waals surface area contributed by atoms with Crippen LogP contribution < -0.4 is 5.32 Å². The maximum atomic E-state index is 12.5. The molecular weight excluding hydrogens is 863 g/mol. The number of unbranched alkanes of at least 4 members (excludes halogenated alkanes) is 40. The van der Waals surface area contributed by atoms with Crippen LogP contribution in [0, 0.1) is 0 Å². The summed E-state index contributed by atoms with van der Waals surface area (Å²) in [6.45, 7) is 4.83. The van der Waals surface area contributed by atoms with Crippen molar-refractivity contribution in [1.29, 1.82) is 0 Å². The Morgan fingerprint density at radius 3 is 1.16 bits per heavy atom. The largest absolute Gasteiger partial charge is 0.466 e. The third-order valence-electron chi connectivity index (χ3n) is 14.0. The molecule has 0 aliphatic heterocycles. The minimum Gasteiger partial charge on any atom is -0.466 e. The van der Waals surface area contributed by atoms with Gasteiger partial charge in [0, 0.05) is 12.8 Å². The minimum absolute atomic E-state index is 0.0134. The molecule has 410 valence electrons. The Kier molecular flexibility index (Phi) is 57.5. The lowest BCUT2D eigenvalue weighted by molar-refractivity contribution is -0.143. The zero-order valence-electron chi connectivity index (χ0n) is 46.7. The Balaban J connectivity index is 3.50. The van der Waals surface area contributed by atoms with Gasteiger partial charge in [-0.3, -0.25) is 9.59 Å². The van der Waals surface area contributed by atoms with Crippen molar-refractivity contribution in [2.24, 2.45) is 0 Å². The SMILES string of the molecule is CCC/C=C\C/C=C\CCCCCCCC(=O)OCCCCCCCCCCC/C=C\CCCCCCCC(=O)NC(CO)C(O)/C=C/CCCCCCCCCCCCCCCCCCCCCC. The predicted molar refractivity (Wildman–Crippen MR) is 306 cm³/mol. The van der Waals surface area contributed by atoms with E-state index in [-0.39, 0.29) is 18.5 Å². The number of hydrogen-bond donors (Lipinski definition) is 3. The van der Waals surface area contributed by atoms with E-state index in [1.165, 1.54) is 225 Å². The summed E-state index contributed by atoms with van der Waals surface area (Å²) in [5, 5.41) is 23.2. The van der Waals surface area contributed by atoms with Gasteiger partial charge in [-0.25, -0.2) is 0 Å². The fraction of sp³-hybridized carbons (Fsp3) is 0.844. The van der Waals surface area contributed by atoms with Crippen molar-refractivity contribution in [2.75, 3.05) is 13.2 Å². The summed E-state index contributed by atoms with van der Waals surface area (Å²) >= 11 is 0. The van der Waals surface area contributed by atoms with Crippen LogP contribution >= 0.6 is 0 Å². The summed E-state index contributed by atoms with van der Waals surface area (Å²) in [6, 6.07) is -0.640. The molecule has 0 radical (unpaired) electrons. The Labute approximate surface area is 436 Å². The summed E-state index contributed by atoms with van der Waals surface area (Å²) < 4.78 is 5.46. The van der Waals surface area contributed by atoms with Gasteiger partial charge in [0.15, 0.2) is 0 Å². The second-order valence-electron chi connectivity index (χ2n) is 21.0. The van der Waals surface area contributed by atoms with E-state index >= 15 is 0 Å². The van der Waals surface area contributed by atoms with Crippen molar-refractivity contribution >= 4 is 11.9 Å². The number of carbonyl (C=O) groups excluding carboxylic acids is 2. The number of nitrogens with one attached hydrogen (secondary N) is 1. The van der Waals surface area contributed by atoms with Crippen molar-refractivity contribution in [3.8, 4) is 0 Å². The van der Waals surface area contributed by atoms with Crippen LogP contribution in [0.1, 0.15) is 322 Å². The van der Waals surface area contributed by atoms with Crippen LogP contribution in [-0.4, -0.2) is 47.4 Å². The molecule has 0 aliphatic carbocycles. The maximum absolute atomic E-state index is 12.5. The van der Waals surface area contributed by atoms with Crippen LogP contribution in [0.15, 0.2) is 48.6 Å². The van der Waals surface area contributed by atoms with Crippen LogP contribution in [0.5, 0.6) is 0 Å². The number of aliphatic hydroxyl groups is 2. The molecule has 0 fully saturated rings. The highest BCUT2D eigenvalue weighted by molar-refractivity contribution is 5.76. The van der Waals surface area contributed by atoms with Crippen LogP contribution in [0.2, 0.25) is 0 Å². The topological polar surface area (TPSA) is 95.9 Å². The van der Waals surface area contributed by atoms with Crippen LogP contribution in [0.4, 0.5) is 0 Å². The molecule has 0 aromatic heterocycles. The molecular formula is C64H119NO5. The lowest BCUT2D eigenvalue weighted by Gasteiger charge is -2.20. The number of amides is 1. The van der Waals surface area contributed by atoms with Crippen molar-refractivity contribution in [3.05, 3.63) is 48.6 Å². The molecule has 2 unspecified atom stereocenters. The monoisotopic (exact) mass is 982 g/mol. The molecule has 3 N–H and O–H groups in total. The van der Waals surface area contributed by atoms with Gasteiger partial charge in [0.1, 0.15) is 0 Å². The van der Waals surface area contributed by atoms with Gasteiger partial charge < -0.3 is 20.3 Å². The van der Waals surface area contributed by atoms with E-state index in [4.69, 9.17) is 4.74 Å². The van der Waals surface area contributed by atoms with E-state index in [1.54, 1.807) is 6.08 Å². The molecule has 0 saturated carbocycles. The van der Waals surface area contributed by atoms with E-state index in [0.717, 1.165) is 70.6 Å². The van der Waals surface area contributed by atoms with Gasteiger partial charge >= 0.3 is 5.97 Å².